The molecule has 0 saturated heterocycles. The summed E-state index contributed by atoms with van der Waals surface area (Å²) < 4.78 is 5.57. The number of hydrogen-bond acceptors (Lipinski definition) is 3. The topological polar surface area (TPSA) is 41.8 Å². The van der Waals surface area contributed by atoms with Crippen molar-refractivity contribution >= 4 is 6.21 Å². The Labute approximate surface area is 79.1 Å². The molecule has 0 aromatic carbocycles. The van der Waals surface area contributed by atoms with Crippen LogP contribution in [0.1, 0.15) is 26.2 Å². The van der Waals surface area contributed by atoms with Crippen LogP contribution in [0.4, 0.5) is 0 Å². The highest BCUT2D eigenvalue weighted by atomic mass is 16.5. The number of rotatable bonds is 6. The molecule has 3 nitrogen and oxygen atoms in total. The lowest BCUT2D eigenvalue weighted by molar-refractivity contribution is 0.0335. The Balaban J connectivity index is 2.34. The van der Waals surface area contributed by atoms with E-state index in [2.05, 4.69) is 18.7 Å². The molecule has 1 atom stereocenters. The predicted octanol–water partition coefficient (Wildman–Crippen LogP) is 2.21. The van der Waals surface area contributed by atoms with Crippen LogP contribution in [0.15, 0.2) is 17.8 Å². The average molecular weight is 183 g/mol. The van der Waals surface area contributed by atoms with Crippen molar-refractivity contribution in [3.05, 3.63) is 12.7 Å². The summed E-state index contributed by atoms with van der Waals surface area (Å²) in [5, 5.41) is 11.1. The molecule has 0 amide bonds. The van der Waals surface area contributed by atoms with Gasteiger partial charge >= 0.3 is 0 Å². The molecule has 0 aromatic rings. The number of nitrogens with zero attached hydrogens (tertiary/aromatic N) is 1. The molecule has 0 spiro atoms. The molecule has 0 heterocycles. The predicted molar refractivity (Wildman–Crippen MR) is 52.2 cm³/mol. The fourth-order valence-corrected chi connectivity index (χ4v) is 1.42. The van der Waals surface area contributed by atoms with Crippen LogP contribution >= 0.6 is 0 Å². The Morgan fingerprint density at radius 1 is 1.69 bits per heavy atom. The minimum Gasteiger partial charge on any atom is -0.411 e. The summed E-state index contributed by atoms with van der Waals surface area (Å²) in [7, 11) is 0. The van der Waals surface area contributed by atoms with E-state index in [0.717, 1.165) is 6.42 Å². The molecule has 3 heteroatoms. The van der Waals surface area contributed by atoms with Gasteiger partial charge in [0.25, 0.3) is 0 Å². The monoisotopic (exact) mass is 183 g/mol. The third-order valence-corrected chi connectivity index (χ3v) is 2.65. The summed E-state index contributed by atoms with van der Waals surface area (Å²) >= 11 is 0. The van der Waals surface area contributed by atoms with Crippen molar-refractivity contribution in [2.24, 2.45) is 10.6 Å². The summed E-state index contributed by atoms with van der Waals surface area (Å²) in [4.78, 5) is 0. The van der Waals surface area contributed by atoms with Crippen LogP contribution < -0.4 is 0 Å². The Morgan fingerprint density at radius 2 is 2.38 bits per heavy atom. The van der Waals surface area contributed by atoms with Gasteiger partial charge in [-0.25, -0.2) is 0 Å². The molecular formula is C10H17NO2. The lowest BCUT2D eigenvalue weighted by Crippen LogP contribution is -2.23. The molecule has 0 bridgehead atoms. The maximum Gasteiger partial charge on any atom is 0.0856 e. The van der Waals surface area contributed by atoms with Crippen LogP contribution in [0.3, 0.4) is 0 Å². The second-order valence-corrected chi connectivity index (χ2v) is 3.80. The van der Waals surface area contributed by atoms with Crippen molar-refractivity contribution in [1.82, 2.24) is 0 Å². The summed E-state index contributed by atoms with van der Waals surface area (Å²) in [5.41, 5.74) is 0.331. The zero-order chi connectivity index (χ0) is 9.73. The van der Waals surface area contributed by atoms with E-state index in [1.165, 1.54) is 19.1 Å². The van der Waals surface area contributed by atoms with Crippen LogP contribution in [0, 0.1) is 5.41 Å². The first-order valence-electron chi connectivity index (χ1n) is 4.61. The van der Waals surface area contributed by atoms with Crippen molar-refractivity contribution in [1.29, 1.82) is 0 Å². The standard InChI is InChI=1S/C10H17NO2/c1-3-4-9(10(2)5-6-10)13-8-7-11-12/h3,7,9,12H,1,4-6,8H2,2H3. The first kappa shape index (κ1) is 10.3. The molecule has 1 unspecified atom stereocenters. The van der Waals surface area contributed by atoms with Gasteiger partial charge in [0.15, 0.2) is 0 Å². The van der Waals surface area contributed by atoms with Crippen LogP contribution in [0.5, 0.6) is 0 Å². The highest BCUT2D eigenvalue weighted by Gasteiger charge is 2.44. The van der Waals surface area contributed by atoms with E-state index < -0.39 is 0 Å². The molecule has 1 rings (SSSR count). The molecule has 0 aliphatic heterocycles. The molecule has 0 radical (unpaired) electrons. The molecule has 1 aliphatic rings. The van der Waals surface area contributed by atoms with Gasteiger partial charge in [0.2, 0.25) is 0 Å². The summed E-state index contributed by atoms with van der Waals surface area (Å²) in [5.74, 6) is 0. The Morgan fingerprint density at radius 3 is 2.85 bits per heavy atom. The summed E-state index contributed by atoms with van der Waals surface area (Å²) in [6.45, 7) is 6.31. The molecule has 1 aliphatic carbocycles. The molecular weight excluding hydrogens is 166 g/mol. The minimum absolute atomic E-state index is 0.225. The lowest BCUT2D eigenvalue weighted by atomic mass is 9.99. The molecule has 1 saturated carbocycles. The zero-order valence-corrected chi connectivity index (χ0v) is 8.07. The normalized spacial score (nSPS) is 21.6. The Bertz CT molecular complexity index is 197. The van der Waals surface area contributed by atoms with Crippen molar-refractivity contribution in [3.8, 4) is 0 Å². The Kier molecular flexibility index (Phi) is 3.48. The van der Waals surface area contributed by atoms with Crippen LogP contribution in [-0.4, -0.2) is 24.1 Å². The molecule has 74 valence electrons. The number of ether oxygens (including phenoxy) is 1. The van der Waals surface area contributed by atoms with Gasteiger partial charge in [0.05, 0.1) is 18.9 Å². The van der Waals surface area contributed by atoms with E-state index >= 15 is 0 Å². The van der Waals surface area contributed by atoms with E-state index in [9.17, 15) is 0 Å². The highest BCUT2D eigenvalue weighted by molar-refractivity contribution is 5.57. The zero-order valence-electron chi connectivity index (χ0n) is 8.07. The van der Waals surface area contributed by atoms with E-state index in [1.807, 2.05) is 6.08 Å². The molecule has 0 aromatic heterocycles. The van der Waals surface area contributed by atoms with E-state index in [1.54, 1.807) is 0 Å². The van der Waals surface area contributed by atoms with Crippen LogP contribution in [0.25, 0.3) is 0 Å². The molecule has 1 N–H and O–H groups in total. The smallest absolute Gasteiger partial charge is 0.0856 e. The van der Waals surface area contributed by atoms with Gasteiger partial charge in [-0.3, -0.25) is 0 Å². The highest BCUT2D eigenvalue weighted by Crippen LogP contribution is 2.50. The Hall–Kier alpha value is -0.830. The van der Waals surface area contributed by atoms with Gasteiger partial charge in [-0.1, -0.05) is 18.2 Å². The fourth-order valence-electron chi connectivity index (χ4n) is 1.42. The van der Waals surface area contributed by atoms with Crippen molar-refractivity contribution in [3.63, 3.8) is 0 Å². The van der Waals surface area contributed by atoms with Gasteiger partial charge in [-0.15, -0.1) is 6.58 Å². The molecule has 13 heavy (non-hydrogen) atoms. The van der Waals surface area contributed by atoms with Crippen LogP contribution in [-0.2, 0) is 4.74 Å². The third-order valence-electron chi connectivity index (χ3n) is 2.65. The third kappa shape index (κ3) is 2.84. The second-order valence-electron chi connectivity index (χ2n) is 3.80. The van der Waals surface area contributed by atoms with Gasteiger partial charge in [0, 0.05) is 0 Å². The second kappa shape index (κ2) is 4.42. The number of hydrogen-bond donors (Lipinski definition) is 1. The maximum atomic E-state index is 8.20. The van der Waals surface area contributed by atoms with Gasteiger partial charge in [0.1, 0.15) is 0 Å². The van der Waals surface area contributed by atoms with Gasteiger partial charge in [-0.2, -0.15) is 0 Å². The summed E-state index contributed by atoms with van der Waals surface area (Å²) in [6.07, 6.45) is 6.79. The van der Waals surface area contributed by atoms with Crippen molar-refractivity contribution in [2.75, 3.05) is 6.61 Å². The van der Waals surface area contributed by atoms with Crippen molar-refractivity contribution in [2.45, 2.75) is 32.3 Å². The van der Waals surface area contributed by atoms with Gasteiger partial charge < -0.3 is 9.94 Å². The van der Waals surface area contributed by atoms with Gasteiger partial charge in [-0.05, 0) is 24.7 Å². The first-order chi connectivity index (χ1) is 6.23. The minimum atomic E-state index is 0.225. The molecule has 1 fully saturated rings. The fraction of sp³-hybridized carbons (Fsp3) is 0.700. The number of oxime groups is 1. The quantitative estimate of drug-likeness (QED) is 0.297. The SMILES string of the molecule is C=CCC(OCC=NO)C1(C)CC1. The average Bonchev–Trinajstić information content (AvgIpc) is 2.84. The van der Waals surface area contributed by atoms with E-state index in [4.69, 9.17) is 9.94 Å². The van der Waals surface area contributed by atoms with E-state index in [0.29, 0.717) is 12.0 Å². The van der Waals surface area contributed by atoms with Crippen LogP contribution in [0.2, 0.25) is 0 Å². The summed E-state index contributed by atoms with van der Waals surface area (Å²) in [6, 6.07) is 0. The van der Waals surface area contributed by atoms with Crippen molar-refractivity contribution < 1.29 is 9.94 Å². The first-order valence-corrected chi connectivity index (χ1v) is 4.61. The largest absolute Gasteiger partial charge is 0.411 e. The maximum absolute atomic E-state index is 8.20. The van der Waals surface area contributed by atoms with E-state index in [-0.39, 0.29) is 6.10 Å². The lowest BCUT2D eigenvalue weighted by Gasteiger charge is -2.21.